The Labute approximate surface area is 65.4 Å². The van der Waals surface area contributed by atoms with Gasteiger partial charge in [0.2, 0.25) is 0 Å². The van der Waals surface area contributed by atoms with Gasteiger partial charge >= 0.3 is 0 Å². The normalized spacial score (nSPS) is 52.6. The Morgan fingerprint density at radius 3 is 2.45 bits per heavy atom. The zero-order valence-corrected chi connectivity index (χ0v) is 6.69. The molecular formula is C7H14O4. The second-order valence-corrected chi connectivity index (χ2v) is 3.30. The molecule has 3 N–H and O–H groups in total. The third-order valence-corrected chi connectivity index (χ3v) is 2.04. The highest BCUT2D eigenvalue weighted by Gasteiger charge is 2.42. The van der Waals surface area contributed by atoms with Crippen molar-refractivity contribution < 1.29 is 20.1 Å². The summed E-state index contributed by atoms with van der Waals surface area (Å²) >= 11 is 0. The molecule has 1 aliphatic rings. The van der Waals surface area contributed by atoms with Crippen LogP contribution >= 0.6 is 0 Å². The average Bonchev–Trinajstić information content (AvgIpc) is 1.81. The second kappa shape index (κ2) is 2.71. The summed E-state index contributed by atoms with van der Waals surface area (Å²) in [4.78, 5) is 0. The predicted octanol–water partition coefficient (Wildman–Crippen LogP) is -0.775. The van der Waals surface area contributed by atoms with Crippen molar-refractivity contribution in [1.82, 2.24) is 0 Å². The number of aliphatic hydroxyl groups excluding tert-OH is 2. The van der Waals surface area contributed by atoms with Gasteiger partial charge < -0.3 is 20.1 Å². The minimum Gasteiger partial charge on any atom is -0.387 e. The SMILES string of the molecule is C[C@@H]1O[C@@H](O)C[C@@](C)(O)[C@@H]1O. The maximum absolute atomic E-state index is 9.49. The smallest absolute Gasteiger partial charge is 0.157 e. The Morgan fingerprint density at radius 1 is 1.45 bits per heavy atom. The highest BCUT2D eigenvalue weighted by molar-refractivity contribution is 4.90. The first-order valence-electron chi connectivity index (χ1n) is 3.67. The van der Waals surface area contributed by atoms with Gasteiger partial charge in [-0.05, 0) is 13.8 Å². The van der Waals surface area contributed by atoms with E-state index < -0.39 is 24.1 Å². The number of rotatable bonds is 0. The lowest BCUT2D eigenvalue weighted by Crippen LogP contribution is -2.54. The maximum Gasteiger partial charge on any atom is 0.157 e. The molecule has 0 bridgehead atoms. The first-order chi connectivity index (χ1) is 4.93. The van der Waals surface area contributed by atoms with E-state index in [1.807, 2.05) is 0 Å². The van der Waals surface area contributed by atoms with Crippen molar-refractivity contribution in [3.8, 4) is 0 Å². The van der Waals surface area contributed by atoms with E-state index in [2.05, 4.69) is 0 Å². The second-order valence-electron chi connectivity index (χ2n) is 3.30. The molecule has 0 saturated carbocycles. The average molecular weight is 162 g/mol. The quantitative estimate of drug-likeness (QED) is 0.437. The Kier molecular flexibility index (Phi) is 2.20. The van der Waals surface area contributed by atoms with Gasteiger partial charge in [-0.25, -0.2) is 0 Å². The number of hydrogen-bond donors (Lipinski definition) is 3. The first kappa shape index (κ1) is 8.93. The fourth-order valence-electron chi connectivity index (χ4n) is 1.35. The molecule has 0 amide bonds. The van der Waals surface area contributed by atoms with E-state index in [-0.39, 0.29) is 6.42 Å². The molecule has 0 aliphatic carbocycles. The Morgan fingerprint density at radius 2 is 2.00 bits per heavy atom. The van der Waals surface area contributed by atoms with Crippen LogP contribution in [0.2, 0.25) is 0 Å². The lowest BCUT2D eigenvalue weighted by molar-refractivity contribution is -0.256. The molecule has 0 aromatic rings. The molecule has 4 atom stereocenters. The van der Waals surface area contributed by atoms with Crippen molar-refractivity contribution in [3.05, 3.63) is 0 Å². The minimum atomic E-state index is -1.24. The van der Waals surface area contributed by atoms with Gasteiger partial charge in [-0.15, -0.1) is 0 Å². The number of aliphatic hydroxyl groups is 3. The van der Waals surface area contributed by atoms with Gasteiger partial charge in [0.25, 0.3) is 0 Å². The van der Waals surface area contributed by atoms with E-state index >= 15 is 0 Å². The van der Waals surface area contributed by atoms with Crippen LogP contribution in [0, 0.1) is 0 Å². The van der Waals surface area contributed by atoms with Gasteiger partial charge in [0, 0.05) is 6.42 Å². The van der Waals surface area contributed by atoms with Gasteiger partial charge in [-0.3, -0.25) is 0 Å². The topological polar surface area (TPSA) is 69.9 Å². The summed E-state index contributed by atoms with van der Waals surface area (Å²) < 4.78 is 4.88. The summed E-state index contributed by atoms with van der Waals surface area (Å²) in [5.74, 6) is 0. The lowest BCUT2D eigenvalue weighted by Gasteiger charge is -2.40. The predicted molar refractivity (Wildman–Crippen MR) is 37.8 cm³/mol. The molecule has 0 spiro atoms. The summed E-state index contributed by atoms with van der Waals surface area (Å²) in [7, 11) is 0. The molecule has 0 aromatic carbocycles. The van der Waals surface area contributed by atoms with Gasteiger partial charge in [-0.2, -0.15) is 0 Å². The third-order valence-electron chi connectivity index (χ3n) is 2.04. The van der Waals surface area contributed by atoms with Gasteiger partial charge in [0.15, 0.2) is 6.29 Å². The molecule has 0 unspecified atom stereocenters. The Balaban J connectivity index is 2.67. The van der Waals surface area contributed by atoms with Gasteiger partial charge in [-0.1, -0.05) is 0 Å². The van der Waals surface area contributed by atoms with Crippen LogP contribution in [0.3, 0.4) is 0 Å². The molecule has 66 valence electrons. The van der Waals surface area contributed by atoms with Crippen LogP contribution in [0.4, 0.5) is 0 Å². The maximum atomic E-state index is 9.49. The molecule has 4 nitrogen and oxygen atoms in total. The summed E-state index contributed by atoms with van der Waals surface area (Å²) in [6.45, 7) is 3.10. The highest BCUT2D eigenvalue weighted by Crippen LogP contribution is 2.27. The fraction of sp³-hybridized carbons (Fsp3) is 1.00. The minimum absolute atomic E-state index is 0.0541. The molecule has 1 saturated heterocycles. The van der Waals surface area contributed by atoms with Crippen LogP contribution in [0.1, 0.15) is 20.3 Å². The summed E-state index contributed by atoms with van der Waals surface area (Å²) in [6.07, 6.45) is -2.36. The Bertz CT molecular complexity index is 145. The fourth-order valence-corrected chi connectivity index (χ4v) is 1.35. The standard InChI is InChI=1S/C7H14O4/c1-4-6(9)7(2,10)3-5(8)11-4/h4-6,8-10H,3H2,1-2H3/t4-,5+,6+,7+/m0/s1. The molecule has 0 radical (unpaired) electrons. The van der Waals surface area contributed by atoms with Crippen molar-refractivity contribution >= 4 is 0 Å². The molecule has 4 heteroatoms. The monoisotopic (exact) mass is 162 g/mol. The van der Waals surface area contributed by atoms with Crippen molar-refractivity contribution in [2.45, 2.75) is 44.4 Å². The van der Waals surface area contributed by atoms with E-state index in [9.17, 15) is 10.2 Å². The summed E-state index contributed by atoms with van der Waals surface area (Å²) in [5, 5.41) is 27.9. The van der Waals surface area contributed by atoms with Crippen LogP contribution in [0.25, 0.3) is 0 Å². The van der Waals surface area contributed by atoms with E-state index in [0.29, 0.717) is 0 Å². The molecular weight excluding hydrogens is 148 g/mol. The van der Waals surface area contributed by atoms with Crippen molar-refractivity contribution in [2.24, 2.45) is 0 Å². The van der Waals surface area contributed by atoms with Crippen molar-refractivity contribution in [2.75, 3.05) is 0 Å². The molecule has 1 aliphatic heterocycles. The van der Waals surface area contributed by atoms with E-state index in [0.717, 1.165) is 0 Å². The van der Waals surface area contributed by atoms with Crippen LogP contribution in [0.15, 0.2) is 0 Å². The molecule has 11 heavy (non-hydrogen) atoms. The number of ether oxygens (including phenoxy) is 1. The molecule has 1 rings (SSSR count). The van der Waals surface area contributed by atoms with Gasteiger partial charge in [0.05, 0.1) is 11.7 Å². The van der Waals surface area contributed by atoms with Gasteiger partial charge in [0.1, 0.15) is 6.10 Å². The van der Waals surface area contributed by atoms with Crippen LogP contribution in [-0.2, 0) is 4.74 Å². The molecule has 0 aromatic heterocycles. The summed E-state index contributed by atoms with van der Waals surface area (Å²) in [6, 6.07) is 0. The summed E-state index contributed by atoms with van der Waals surface area (Å²) in [5.41, 5.74) is -1.24. The highest BCUT2D eigenvalue weighted by atomic mass is 16.6. The van der Waals surface area contributed by atoms with E-state index in [1.165, 1.54) is 6.92 Å². The van der Waals surface area contributed by atoms with Crippen LogP contribution in [0.5, 0.6) is 0 Å². The van der Waals surface area contributed by atoms with E-state index in [4.69, 9.17) is 9.84 Å². The number of hydrogen-bond acceptors (Lipinski definition) is 4. The first-order valence-corrected chi connectivity index (χ1v) is 3.67. The zero-order chi connectivity index (χ0) is 8.65. The largest absolute Gasteiger partial charge is 0.387 e. The molecule has 1 heterocycles. The van der Waals surface area contributed by atoms with Crippen molar-refractivity contribution in [3.63, 3.8) is 0 Å². The van der Waals surface area contributed by atoms with Crippen molar-refractivity contribution in [1.29, 1.82) is 0 Å². The van der Waals surface area contributed by atoms with E-state index in [1.54, 1.807) is 6.92 Å². The third kappa shape index (κ3) is 1.70. The lowest BCUT2D eigenvalue weighted by atomic mass is 9.89. The Hall–Kier alpha value is -0.160. The van der Waals surface area contributed by atoms with Crippen LogP contribution in [-0.4, -0.2) is 39.4 Å². The molecule has 1 fully saturated rings. The zero-order valence-electron chi connectivity index (χ0n) is 6.69. The van der Waals surface area contributed by atoms with Crippen LogP contribution < -0.4 is 0 Å².